The van der Waals surface area contributed by atoms with E-state index in [1.54, 1.807) is 12.1 Å². The highest BCUT2D eigenvalue weighted by atomic mass is 16.3. The predicted molar refractivity (Wildman–Crippen MR) is 54.7 cm³/mol. The number of hydrogen-bond donors (Lipinski definition) is 2. The Hall–Kier alpha value is -2.04. The lowest BCUT2D eigenvalue weighted by Gasteiger charge is -2.02. The van der Waals surface area contributed by atoms with Gasteiger partial charge in [-0.15, -0.1) is 0 Å². The average Bonchev–Trinajstić information content (AvgIpc) is 2.82. The van der Waals surface area contributed by atoms with Crippen LogP contribution in [0, 0.1) is 13.8 Å². The van der Waals surface area contributed by atoms with Crippen LogP contribution < -0.4 is 5.32 Å². The van der Waals surface area contributed by atoms with E-state index in [-0.39, 0.29) is 11.7 Å². The highest BCUT2D eigenvalue weighted by Gasteiger charge is 2.13. The van der Waals surface area contributed by atoms with Gasteiger partial charge in [0.1, 0.15) is 0 Å². The van der Waals surface area contributed by atoms with E-state index in [0.717, 1.165) is 11.4 Å². The molecule has 0 aliphatic carbocycles. The van der Waals surface area contributed by atoms with Crippen molar-refractivity contribution in [2.24, 2.45) is 0 Å². The van der Waals surface area contributed by atoms with E-state index in [1.165, 1.54) is 6.26 Å². The maximum atomic E-state index is 11.6. The van der Waals surface area contributed by atoms with E-state index in [9.17, 15) is 4.79 Å². The monoisotopic (exact) mass is 205 g/mol. The Morgan fingerprint density at radius 1 is 1.53 bits per heavy atom. The summed E-state index contributed by atoms with van der Waals surface area (Å²) in [4.78, 5) is 11.6. The van der Waals surface area contributed by atoms with Gasteiger partial charge in [0.15, 0.2) is 5.76 Å². The van der Waals surface area contributed by atoms with Crippen LogP contribution in [0.4, 0.5) is 5.69 Å². The molecule has 0 aromatic carbocycles. The second kappa shape index (κ2) is 3.61. The summed E-state index contributed by atoms with van der Waals surface area (Å²) >= 11 is 0. The Bertz CT molecular complexity index is 451. The first kappa shape index (κ1) is 9.51. The highest BCUT2D eigenvalue weighted by molar-refractivity contribution is 6.02. The Kier molecular flexibility index (Phi) is 2.29. The van der Waals surface area contributed by atoms with Gasteiger partial charge in [0.2, 0.25) is 0 Å². The molecule has 2 aromatic heterocycles. The molecule has 78 valence electrons. The molecule has 0 atom stereocenters. The number of rotatable bonds is 2. The van der Waals surface area contributed by atoms with Crippen LogP contribution in [0.25, 0.3) is 0 Å². The molecular weight excluding hydrogens is 194 g/mol. The van der Waals surface area contributed by atoms with Gasteiger partial charge < -0.3 is 9.73 Å². The van der Waals surface area contributed by atoms with Crippen molar-refractivity contribution in [3.8, 4) is 0 Å². The smallest absolute Gasteiger partial charge is 0.291 e. The molecule has 2 N–H and O–H groups in total. The zero-order chi connectivity index (χ0) is 10.8. The number of amides is 1. The summed E-state index contributed by atoms with van der Waals surface area (Å²) in [5, 5.41) is 9.51. The van der Waals surface area contributed by atoms with Gasteiger partial charge in [0.25, 0.3) is 5.91 Å². The summed E-state index contributed by atoms with van der Waals surface area (Å²) in [6.07, 6.45) is 1.46. The van der Waals surface area contributed by atoms with Gasteiger partial charge in [0.05, 0.1) is 23.3 Å². The van der Waals surface area contributed by atoms with Crippen LogP contribution in [0.2, 0.25) is 0 Å². The van der Waals surface area contributed by atoms with Gasteiger partial charge in [-0.05, 0) is 26.0 Å². The van der Waals surface area contributed by atoms with Crippen molar-refractivity contribution < 1.29 is 9.21 Å². The van der Waals surface area contributed by atoms with Crippen LogP contribution >= 0.6 is 0 Å². The molecule has 0 saturated heterocycles. The number of nitrogens with one attached hydrogen (secondary N) is 2. The molecular formula is C10H11N3O2. The minimum atomic E-state index is -0.271. The molecule has 5 heteroatoms. The van der Waals surface area contributed by atoms with E-state index in [2.05, 4.69) is 15.5 Å². The van der Waals surface area contributed by atoms with Crippen molar-refractivity contribution in [3.05, 3.63) is 35.5 Å². The van der Waals surface area contributed by atoms with Crippen molar-refractivity contribution in [2.45, 2.75) is 13.8 Å². The van der Waals surface area contributed by atoms with E-state index < -0.39 is 0 Å². The summed E-state index contributed by atoms with van der Waals surface area (Å²) in [7, 11) is 0. The number of nitrogens with zero attached hydrogens (tertiary/aromatic N) is 1. The molecule has 2 heterocycles. The van der Waals surface area contributed by atoms with Crippen molar-refractivity contribution in [3.63, 3.8) is 0 Å². The fraction of sp³-hybridized carbons (Fsp3) is 0.200. The van der Waals surface area contributed by atoms with Crippen LogP contribution in [-0.4, -0.2) is 16.1 Å². The fourth-order valence-corrected chi connectivity index (χ4v) is 1.32. The normalized spacial score (nSPS) is 10.3. The number of furan rings is 1. The Morgan fingerprint density at radius 2 is 2.33 bits per heavy atom. The van der Waals surface area contributed by atoms with Gasteiger partial charge in [-0.2, -0.15) is 5.10 Å². The third-order valence-corrected chi connectivity index (χ3v) is 2.11. The van der Waals surface area contributed by atoms with Crippen molar-refractivity contribution >= 4 is 11.6 Å². The van der Waals surface area contributed by atoms with Crippen LogP contribution in [0.5, 0.6) is 0 Å². The van der Waals surface area contributed by atoms with Crippen LogP contribution in [0.3, 0.4) is 0 Å². The number of aryl methyl sites for hydroxylation is 2. The van der Waals surface area contributed by atoms with Crippen molar-refractivity contribution in [1.29, 1.82) is 0 Å². The third kappa shape index (κ3) is 1.76. The lowest BCUT2D eigenvalue weighted by Crippen LogP contribution is -2.11. The largest absolute Gasteiger partial charge is 0.459 e. The topological polar surface area (TPSA) is 70.9 Å². The van der Waals surface area contributed by atoms with Gasteiger partial charge >= 0.3 is 0 Å². The number of carbonyl (C=O) groups is 1. The van der Waals surface area contributed by atoms with Gasteiger partial charge in [-0.25, -0.2) is 0 Å². The predicted octanol–water partition coefficient (Wildman–Crippen LogP) is 1.87. The summed E-state index contributed by atoms with van der Waals surface area (Å²) in [5.74, 6) is 0.0163. The summed E-state index contributed by atoms with van der Waals surface area (Å²) < 4.78 is 4.98. The van der Waals surface area contributed by atoms with Crippen molar-refractivity contribution in [2.75, 3.05) is 5.32 Å². The Balaban J connectivity index is 2.20. The Morgan fingerprint density at radius 3 is 2.87 bits per heavy atom. The molecule has 15 heavy (non-hydrogen) atoms. The summed E-state index contributed by atoms with van der Waals surface area (Å²) in [5.41, 5.74) is 2.29. The molecule has 5 nitrogen and oxygen atoms in total. The lowest BCUT2D eigenvalue weighted by molar-refractivity contribution is 0.0996. The van der Waals surface area contributed by atoms with E-state index in [1.807, 2.05) is 13.8 Å². The van der Waals surface area contributed by atoms with Crippen LogP contribution in [0.1, 0.15) is 21.9 Å². The number of anilines is 1. The van der Waals surface area contributed by atoms with Gasteiger partial charge in [-0.1, -0.05) is 0 Å². The Labute approximate surface area is 86.5 Å². The molecule has 0 aliphatic heterocycles. The first-order valence-corrected chi connectivity index (χ1v) is 4.55. The molecule has 0 saturated carbocycles. The highest BCUT2D eigenvalue weighted by Crippen LogP contribution is 2.17. The molecule has 0 aliphatic rings. The summed E-state index contributed by atoms with van der Waals surface area (Å²) in [6, 6.07) is 3.28. The van der Waals surface area contributed by atoms with E-state index >= 15 is 0 Å². The van der Waals surface area contributed by atoms with E-state index in [0.29, 0.717) is 5.69 Å². The third-order valence-electron chi connectivity index (χ3n) is 2.11. The maximum absolute atomic E-state index is 11.6. The number of aromatic nitrogens is 2. The zero-order valence-electron chi connectivity index (χ0n) is 8.50. The standard InChI is InChI=1S/C10H11N3O2/c1-6-9(7(2)13-12-6)11-10(14)8-4-3-5-15-8/h3-5H,1-2H3,(H,11,14)(H,12,13). The second-order valence-electron chi connectivity index (χ2n) is 3.24. The average molecular weight is 205 g/mol. The molecule has 0 fully saturated rings. The summed E-state index contributed by atoms with van der Waals surface area (Å²) in [6.45, 7) is 3.67. The van der Waals surface area contributed by atoms with Crippen LogP contribution in [-0.2, 0) is 0 Å². The number of carbonyl (C=O) groups excluding carboxylic acids is 1. The molecule has 0 bridgehead atoms. The zero-order valence-corrected chi connectivity index (χ0v) is 8.50. The number of H-pyrrole nitrogens is 1. The minimum absolute atomic E-state index is 0.271. The molecule has 0 unspecified atom stereocenters. The lowest BCUT2D eigenvalue weighted by atomic mass is 10.3. The first-order chi connectivity index (χ1) is 7.18. The molecule has 2 aromatic rings. The SMILES string of the molecule is Cc1n[nH]c(C)c1NC(=O)c1ccco1. The van der Waals surface area contributed by atoms with Crippen molar-refractivity contribution in [1.82, 2.24) is 10.2 Å². The minimum Gasteiger partial charge on any atom is -0.459 e. The van der Waals surface area contributed by atoms with Gasteiger partial charge in [-0.3, -0.25) is 9.89 Å². The molecule has 0 radical (unpaired) electrons. The number of hydrogen-bond acceptors (Lipinski definition) is 3. The van der Waals surface area contributed by atoms with Gasteiger partial charge in [0, 0.05) is 0 Å². The molecule has 1 amide bonds. The first-order valence-electron chi connectivity index (χ1n) is 4.55. The quantitative estimate of drug-likeness (QED) is 0.786. The van der Waals surface area contributed by atoms with E-state index in [4.69, 9.17) is 4.42 Å². The molecule has 0 spiro atoms. The van der Waals surface area contributed by atoms with Crippen LogP contribution in [0.15, 0.2) is 22.8 Å². The molecule has 2 rings (SSSR count). The number of aromatic amines is 1. The maximum Gasteiger partial charge on any atom is 0.291 e. The fourth-order valence-electron chi connectivity index (χ4n) is 1.32. The second-order valence-corrected chi connectivity index (χ2v) is 3.24.